The zero-order valence-corrected chi connectivity index (χ0v) is 75.8. The average Bonchev–Trinajstić information content (AvgIpc) is 1.70. The van der Waals surface area contributed by atoms with Crippen molar-refractivity contribution in [2.75, 3.05) is 103 Å². The van der Waals surface area contributed by atoms with E-state index in [1.54, 1.807) is 103 Å². The Kier molecular flexibility index (Phi) is 25.7. The van der Waals surface area contributed by atoms with E-state index in [1.807, 2.05) is 45.0 Å². The third kappa shape index (κ3) is 19.1. The van der Waals surface area contributed by atoms with Gasteiger partial charge in [0, 0.05) is 164 Å². The Morgan fingerprint density at radius 2 is 0.620 bits per heavy atom. The van der Waals surface area contributed by atoms with Crippen LogP contribution in [0.25, 0.3) is 85.8 Å². The van der Waals surface area contributed by atoms with Crippen LogP contribution in [0.2, 0.25) is 0 Å². The number of piperazine rings is 2. The quantitative estimate of drug-likeness (QED) is 0.0845. The zero-order chi connectivity index (χ0) is 94.6. The molecule has 23 heterocycles. The Balaban J connectivity index is 0.000000110. The fourth-order valence-electron chi connectivity index (χ4n) is 19.1. The van der Waals surface area contributed by atoms with Crippen molar-refractivity contribution in [1.82, 2.24) is 136 Å². The number of rotatable bonds is 15. The molecule has 0 aliphatic carbocycles. The highest BCUT2D eigenvalue weighted by molar-refractivity contribution is 5.93. The van der Waals surface area contributed by atoms with Crippen LogP contribution in [0.3, 0.4) is 0 Å². The molecule has 0 radical (unpaired) electrons. The summed E-state index contributed by atoms with van der Waals surface area (Å²) in [6.45, 7) is 17.2. The number of aromatic nitrogens is 25. The Bertz CT molecular complexity index is 7080. The highest BCUT2D eigenvalue weighted by Crippen LogP contribution is 2.35. The van der Waals surface area contributed by atoms with E-state index < -0.39 is 29.5 Å². The fraction of sp³-hybridized carbons (Fsp3) is 0.380. The Morgan fingerprint density at radius 3 is 1.04 bits per heavy atom. The van der Waals surface area contributed by atoms with Crippen molar-refractivity contribution in [3.8, 4) is 57.6 Å². The molecule has 0 aromatic carbocycles. The normalized spacial score (nSPS) is 19.5. The maximum atomic E-state index is 12.6. The van der Waals surface area contributed by atoms with Gasteiger partial charge in [0.05, 0.1) is 68.5 Å². The van der Waals surface area contributed by atoms with Gasteiger partial charge >= 0.3 is 0 Å². The number of anilines is 5. The number of piperidine rings is 4. The maximum absolute atomic E-state index is 12.6. The van der Waals surface area contributed by atoms with E-state index in [0.29, 0.717) is 135 Å². The zero-order valence-electron chi connectivity index (χ0n) is 75.8. The van der Waals surface area contributed by atoms with Gasteiger partial charge in [0.25, 0.3) is 29.5 Å². The third-order valence-corrected chi connectivity index (χ3v) is 26.6. The number of fused-ring (bicyclic) bond motifs is 8. The van der Waals surface area contributed by atoms with E-state index in [1.165, 1.54) is 94.9 Å². The van der Waals surface area contributed by atoms with Crippen LogP contribution >= 0.6 is 0 Å². The van der Waals surface area contributed by atoms with Crippen molar-refractivity contribution in [2.24, 2.45) is 34.6 Å². The number of carbonyl (C=O) groups is 7. The van der Waals surface area contributed by atoms with Crippen LogP contribution in [0.15, 0.2) is 154 Å². The van der Waals surface area contributed by atoms with Gasteiger partial charge in [-0.25, -0.2) is 99.7 Å². The minimum atomic E-state index is -0.620. The summed E-state index contributed by atoms with van der Waals surface area (Å²) in [6, 6.07) is 11.5. The number of imidazole rings is 5. The Morgan fingerprint density at radius 1 is 0.299 bits per heavy atom. The lowest BCUT2D eigenvalue weighted by Crippen LogP contribution is -2.58. The molecule has 8 fully saturated rings. The molecule has 0 spiro atoms. The minimum absolute atomic E-state index is 0.131. The summed E-state index contributed by atoms with van der Waals surface area (Å²) >= 11 is 0. The summed E-state index contributed by atoms with van der Waals surface area (Å²) in [5.74, 6) is 4.85. The molecule has 7 amide bonds. The molecule has 10 N–H and O–H groups in total. The number of amides is 7. The summed E-state index contributed by atoms with van der Waals surface area (Å²) in [6.07, 6.45) is 48.0. The molecule has 0 saturated carbocycles. The van der Waals surface area contributed by atoms with E-state index in [0.717, 1.165) is 121 Å². The van der Waals surface area contributed by atoms with Crippen LogP contribution in [0.5, 0.6) is 0 Å². The van der Waals surface area contributed by atoms with Crippen molar-refractivity contribution >= 4 is 98.7 Å². The fourth-order valence-corrected chi connectivity index (χ4v) is 19.1. The van der Waals surface area contributed by atoms with E-state index in [9.17, 15) is 33.6 Å². The summed E-state index contributed by atoms with van der Waals surface area (Å²) in [5, 5.41) is 0. The lowest BCUT2D eigenvalue weighted by molar-refractivity contribution is -0.135. The highest BCUT2D eigenvalue weighted by Gasteiger charge is 2.38. The predicted molar refractivity (Wildman–Crippen MR) is 503 cm³/mol. The average molecular weight is 1850 g/mol. The van der Waals surface area contributed by atoms with Gasteiger partial charge in [-0.2, -0.15) is 0 Å². The SMILES string of the molecule is CC1CCCCN1c1ccnc(-c2cnc3cnc(C(N)=O)cn23)n1.CC1CCCN(c2ccnc(-c3cnc4cnc(C(N)=O)cn34)n2)C1C.NC(=O)c1cn2c(-c3nccc(N4CC(=O)N5CCCCC5C4)n3)cnc2cn1.NC(=O)c1cn2c(-c3nccc(N4CCC(=O)N5CCCC5C4)n3)cnc2cn1.NC(=O)c1cn2c(-c3nccc(N4CCN5CCCCC5C4)n3)cnc2cn1. The second-order valence-corrected chi connectivity index (χ2v) is 35.2. The first kappa shape index (κ1) is 89.9. The number of hydrogen-bond donors (Lipinski definition) is 5. The molecule has 45 heteroatoms. The lowest BCUT2D eigenvalue weighted by Gasteiger charge is -2.44. The van der Waals surface area contributed by atoms with Crippen molar-refractivity contribution in [2.45, 2.75) is 141 Å². The van der Waals surface area contributed by atoms with E-state index in [4.69, 9.17) is 48.6 Å². The van der Waals surface area contributed by atoms with Crippen LogP contribution < -0.4 is 53.2 Å². The molecule has 8 saturated heterocycles. The largest absolute Gasteiger partial charge is 0.364 e. The van der Waals surface area contributed by atoms with Gasteiger partial charge in [-0.15, -0.1) is 0 Å². The van der Waals surface area contributed by atoms with Gasteiger partial charge in [0.15, 0.2) is 57.4 Å². The first-order chi connectivity index (χ1) is 66.6. The maximum Gasteiger partial charge on any atom is 0.268 e. The first-order valence-corrected chi connectivity index (χ1v) is 46.0. The number of carbonyl (C=O) groups excluding carboxylic acids is 7. The van der Waals surface area contributed by atoms with Crippen molar-refractivity contribution in [3.05, 3.63) is 183 Å². The Hall–Kier alpha value is -16.3. The molecule has 702 valence electrons. The van der Waals surface area contributed by atoms with Crippen molar-refractivity contribution < 1.29 is 33.6 Å². The third-order valence-electron chi connectivity index (χ3n) is 26.6. The predicted octanol–water partition coefficient (Wildman–Crippen LogP) is 5.51. The summed E-state index contributed by atoms with van der Waals surface area (Å²) in [4.78, 5) is 187. The molecule has 0 bridgehead atoms. The molecular weight excluding hydrogens is 1750 g/mol. The summed E-state index contributed by atoms with van der Waals surface area (Å²) in [7, 11) is 0. The van der Waals surface area contributed by atoms with E-state index in [2.05, 4.69) is 125 Å². The van der Waals surface area contributed by atoms with Crippen LogP contribution in [0, 0.1) is 5.92 Å². The lowest BCUT2D eigenvalue weighted by atomic mass is 9.92. The molecule has 23 rings (SSSR count). The van der Waals surface area contributed by atoms with Crippen molar-refractivity contribution in [3.63, 3.8) is 0 Å². The molecule has 6 unspecified atom stereocenters. The molecule has 6 atom stereocenters. The molecule has 137 heavy (non-hydrogen) atoms. The topological polar surface area (TPSA) is 555 Å². The van der Waals surface area contributed by atoms with Gasteiger partial charge in [0.1, 0.15) is 86.0 Å². The molecule has 15 aromatic heterocycles. The van der Waals surface area contributed by atoms with Crippen LogP contribution in [0.1, 0.15) is 163 Å². The van der Waals surface area contributed by atoms with Gasteiger partial charge in [0.2, 0.25) is 11.8 Å². The smallest absolute Gasteiger partial charge is 0.268 e. The second kappa shape index (κ2) is 39.1. The van der Waals surface area contributed by atoms with Gasteiger partial charge in [-0.1, -0.05) is 13.3 Å². The van der Waals surface area contributed by atoms with Crippen LogP contribution in [-0.2, 0) is 9.59 Å². The number of primary amides is 5. The molecule has 45 nitrogen and oxygen atoms in total. The Labute approximate surface area is 783 Å². The summed E-state index contributed by atoms with van der Waals surface area (Å²) < 4.78 is 8.64. The highest BCUT2D eigenvalue weighted by atomic mass is 16.2. The minimum Gasteiger partial charge on any atom is -0.364 e. The van der Waals surface area contributed by atoms with Gasteiger partial charge in [-0.3, -0.25) is 60.5 Å². The molecule has 15 aromatic rings. The molecular formula is C92H102N38O7. The molecule has 8 aliphatic rings. The second-order valence-electron chi connectivity index (χ2n) is 35.2. The summed E-state index contributed by atoms with van der Waals surface area (Å²) in [5.41, 5.74) is 33.8. The van der Waals surface area contributed by atoms with Gasteiger partial charge < -0.3 is 63.0 Å². The number of hydrogen-bond acceptors (Lipinski definition) is 33. The van der Waals surface area contributed by atoms with E-state index >= 15 is 0 Å². The van der Waals surface area contributed by atoms with Gasteiger partial charge in [-0.05, 0) is 134 Å². The first-order valence-electron chi connectivity index (χ1n) is 46.0. The molecule has 8 aliphatic heterocycles. The van der Waals surface area contributed by atoms with E-state index in [-0.39, 0.29) is 52.4 Å². The number of nitrogens with zero attached hydrogens (tertiary/aromatic N) is 33. The monoisotopic (exact) mass is 1850 g/mol. The van der Waals surface area contributed by atoms with Crippen molar-refractivity contribution in [1.29, 1.82) is 0 Å². The van der Waals surface area contributed by atoms with Crippen LogP contribution in [0.4, 0.5) is 29.1 Å². The number of nitrogens with two attached hydrogens (primary N) is 5. The van der Waals surface area contributed by atoms with Crippen LogP contribution in [-0.4, -0.2) is 286 Å². The standard InChI is InChI=1S/2C19H20N8O2.C19H22N8O.C18H21N7O.C17H19N7O/c20-18(29)13-11-27-14(8-23-16(27)9-22-13)19-21-5-3-15(24-19)25-7-4-17(28)26-6-1-2-12(26)10-25;20-18(29)13-10-27-14(7-23-16(27)8-22-13)19-21-5-4-15(24-19)25-9-12-3-1-2-6-26(12)17(28)11-25;20-18(28)14-12-27-15(9-23-17(27)10-22-14)19-21-5-4-16(24-19)26-8-7-25-6-2-1-3-13(25)11-26;1-11-4-3-7-24(12(11)2)15-5-6-20-18(23-15)14-8-22-16-9-21-13(17(19)26)10-25(14)16;1-11-4-2-3-7-23(11)14-5-6-19-17(22-14)13-8-21-15-9-20-12(16(18)25)10-24(13)15/h3,5,8-9,11-12H,1-2,4,6-7,10H2,(H2,20,29);4-5,7-8,10,12H,1-3,6,9,11H2,(H2,20,29);4-5,9-10,12-13H,1-3,6-8,11H2,(H2,20,28);5-6,8-12H,3-4,7H2,1-2H3,(H2,19,26);5-6,8-11H,2-4,7H2,1H3,(H2,18,25).